The van der Waals surface area contributed by atoms with E-state index in [2.05, 4.69) is 0 Å². The zero-order valence-electron chi connectivity index (χ0n) is 7.27. The number of rotatable bonds is 6. The first kappa shape index (κ1) is 11.8. The van der Waals surface area contributed by atoms with Gasteiger partial charge in [-0.1, -0.05) is 6.92 Å². The molecule has 0 aliphatic carbocycles. The van der Waals surface area contributed by atoms with Crippen LogP contribution in [-0.4, -0.2) is 57.5 Å². The molecule has 74 valence electrons. The van der Waals surface area contributed by atoms with Gasteiger partial charge in [-0.3, -0.25) is 0 Å². The minimum absolute atomic E-state index is 0.132. The van der Waals surface area contributed by atoms with Crippen molar-refractivity contribution >= 4 is 0 Å². The third-order valence-electron chi connectivity index (χ3n) is 1.72. The highest BCUT2D eigenvalue weighted by Crippen LogP contribution is 2.11. The lowest BCUT2D eigenvalue weighted by Crippen LogP contribution is -2.50. The minimum atomic E-state index is -1.93. The molecule has 0 radical (unpaired) electrons. The van der Waals surface area contributed by atoms with Crippen LogP contribution < -0.4 is 0 Å². The van der Waals surface area contributed by atoms with Crippen LogP contribution in [0, 0.1) is 0 Å². The molecule has 0 aromatic carbocycles. The fourth-order valence-electron chi connectivity index (χ4n) is 0.935. The Hall–Kier alpha value is -0.200. The summed E-state index contributed by atoms with van der Waals surface area (Å²) in [6.45, 7) is 1.57. The predicted molar refractivity (Wildman–Crippen MR) is 43.2 cm³/mol. The third kappa shape index (κ3) is 3.46. The maximum Gasteiger partial charge on any atom is 0.224 e. The van der Waals surface area contributed by atoms with Crippen molar-refractivity contribution < 1.29 is 20.4 Å². The van der Waals surface area contributed by atoms with Gasteiger partial charge in [-0.2, -0.15) is 0 Å². The quantitative estimate of drug-likeness (QED) is 0.366. The third-order valence-corrected chi connectivity index (χ3v) is 1.72. The van der Waals surface area contributed by atoms with E-state index in [1.54, 1.807) is 6.92 Å². The summed E-state index contributed by atoms with van der Waals surface area (Å²) in [7, 11) is 0. The van der Waals surface area contributed by atoms with Crippen molar-refractivity contribution in [2.75, 3.05) is 26.3 Å². The second kappa shape index (κ2) is 5.45. The molecular formula is C7H17NO4. The largest absolute Gasteiger partial charge is 0.395 e. The summed E-state index contributed by atoms with van der Waals surface area (Å²) < 4.78 is 0. The van der Waals surface area contributed by atoms with Gasteiger partial charge in [0.1, 0.15) is 0 Å². The van der Waals surface area contributed by atoms with Gasteiger partial charge in [0.2, 0.25) is 5.91 Å². The zero-order valence-corrected chi connectivity index (χ0v) is 7.27. The van der Waals surface area contributed by atoms with Crippen molar-refractivity contribution in [3.63, 3.8) is 0 Å². The molecule has 0 saturated heterocycles. The molecule has 5 nitrogen and oxygen atoms in total. The normalized spacial score (nSPS) is 12.5. The fourth-order valence-corrected chi connectivity index (χ4v) is 0.935. The van der Waals surface area contributed by atoms with E-state index in [0.717, 1.165) is 0 Å². The maximum absolute atomic E-state index is 9.30. The summed E-state index contributed by atoms with van der Waals surface area (Å²) in [5.41, 5.74) is 0. The maximum atomic E-state index is 9.30. The lowest BCUT2D eigenvalue weighted by Gasteiger charge is -2.33. The molecular weight excluding hydrogens is 162 g/mol. The van der Waals surface area contributed by atoms with Gasteiger partial charge >= 0.3 is 0 Å². The highest BCUT2D eigenvalue weighted by atomic mass is 16.5. The van der Waals surface area contributed by atoms with Crippen LogP contribution in [0.15, 0.2) is 0 Å². The van der Waals surface area contributed by atoms with E-state index in [-0.39, 0.29) is 32.7 Å². The van der Waals surface area contributed by atoms with Gasteiger partial charge < -0.3 is 20.4 Å². The molecule has 12 heavy (non-hydrogen) atoms. The van der Waals surface area contributed by atoms with Gasteiger partial charge in [-0.05, 0) is 0 Å². The molecule has 0 aromatic rings. The zero-order chi connectivity index (χ0) is 9.61. The van der Waals surface area contributed by atoms with Crippen LogP contribution in [0.1, 0.15) is 13.3 Å². The van der Waals surface area contributed by atoms with E-state index in [1.165, 1.54) is 4.90 Å². The summed E-state index contributed by atoms with van der Waals surface area (Å²) in [6, 6.07) is 0. The van der Waals surface area contributed by atoms with Crippen LogP contribution in [0.5, 0.6) is 0 Å². The molecule has 0 bridgehead atoms. The predicted octanol–water partition coefficient (Wildman–Crippen LogP) is -1.68. The molecule has 0 aliphatic heterocycles. The van der Waals surface area contributed by atoms with Crippen molar-refractivity contribution in [3.8, 4) is 0 Å². The van der Waals surface area contributed by atoms with E-state index in [9.17, 15) is 10.2 Å². The summed E-state index contributed by atoms with van der Waals surface area (Å²) in [5, 5.41) is 35.8. The first-order chi connectivity index (χ1) is 5.58. The molecule has 0 spiro atoms. The van der Waals surface area contributed by atoms with Crippen LogP contribution in [0.4, 0.5) is 0 Å². The van der Waals surface area contributed by atoms with Crippen LogP contribution in [-0.2, 0) is 0 Å². The van der Waals surface area contributed by atoms with E-state index >= 15 is 0 Å². The topological polar surface area (TPSA) is 84.2 Å². The van der Waals surface area contributed by atoms with Crippen LogP contribution in [0.25, 0.3) is 0 Å². The molecule has 0 saturated carbocycles. The average Bonchev–Trinajstić information content (AvgIpc) is 2.04. The SMILES string of the molecule is CCC(O)(O)N(CCO)CCO. The Balaban J connectivity index is 4.07. The number of hydrogen-bond acceptors (Lipinski definition) is 5. The van der Waals surface area contributed by atoms with Crippen molar-refractivity contribution in [1.29, 1.82) is 0 Å². The lowest BCUT2D eigenvalue weighted by molar-refractivity contribution is -0.268. The lowest BCUT2D eigenvalue weighted by atomic mass is 10.3. The second-order valence-electron chi connectivity index (χ2n) is 2.56. The molecule has 0 heterocycles. The average molecular weight is 179 g/mol. The van der Waals surface area contributed by atoms with Crippen LogP contribution in [0.2, 0.25) is 0 Å². The van der Waals surface area contributed by atoms with Crippen molar-refractivity contribution in [2.45, 2.75) is 19.3 Å². The molecule has 0 fully saturated rings. The Morgan fingerprint density at radius 1 is 1.08 bits per heavy atom. The molecule has 0 aromatic heterocycles. The molecule has 0 unspecified atom stereocenters. The van der Waals surface area contributed by atoms with Crippen molar-refractivity contribution in [1.82, 2.24) is 4.90 Å². The van der Waals surface area contributed by atoms with Crippen LogP contribution in [0.3, 0.4) is 0 Å². The second-order valence-corrected chi connectivity index (χ2v) is 2.56. The molecule has 0 rings (SSSR count). The number of nitrogens with zero attached hydrogens (tertiary/aromatic N) is 1. The number of aliphatic hydroxyl groups excluding tert-OH is 2. The minimum Gasteiger partial charge on any atom is -0.395 e. The van der Waals surface area contributed by atoms with Crippen molar-refractivity contribution in [3.05, 3.63) is 0 Å². The highest BCUT2D eigenvalue weighted by molar-refractivity contribution is 4.65. The molecule has 4 N–H and O–H groups in total. The van der Waals surface area contributed by atoms with E-state index < -0.39 is 5.91 Å². The summed E-state index contributed by atoms with van der Waals surface area (Å²) in [5.74, 6) is -1.93. The van der Waals surface area contributed by atoms with E-state index in [0.29, 0.717) is 0 Å². The Morgan fingerprint density at radius 2 is 1.50 bits per heavy atom. The van der Waals surface area contributed by atoms with Gasteiger partial charge in [0, 0.05) is 19.5 Å². The van der Waals surface area contributed by atoms with Crippen molar-refractivity contribution in [2.24, 2.45) is 0 Å². The van der Waals surface area contributed by atoms with Gasteiger partial charge in [0.25, 0.3) is 0 Å². The summed E-state index contributed by atoms with van der Waals surface area (Å²) in [6.07, 6.45) is 0.132. The van der Waals surface area contributed by atoms with Gasteiger partial charge in [-0.15, -0.1) is 0 Å². The van der Waals surface area contributed by atoms with Gasteiger partial charge in [-0.25, -0.2) is 4.90 Å². The summed E-state index contributed by atoms with van der Waals surface area (Å²) >= 11 is 0. The molecule has 5 heteroatoms. The Morgan fingerprint density at radius 3 is 1.75 bits per heavy atom. The molecule has 0 atom stereocenters. The number of aliphatic hydroxyl groups is 4. The fraction of sp³-hybridized carbons (Fsp3) is 1.00. The Kier molecular flexibility index (Phi) is 5.36. The van der Waals surface area contributed by atoms with E-state index in [1.807, 2.05) is 0 Å². The highest BCUT2D eigenvalue weighted by Gasteiger charge is 2.28. The Bertz CT molecular complexity index is 112. The first-order valence-electron chi connectivity index (χ1n) is 4.00. The standard InChI is InChI=1S/C7H17NO4/c1-2-7(11,12)8(3-5-9)4-6-10/h9-12H,2-6H2,1H3. The van der Waals surface area contributed by atoms with Gasteiger partial charge in [0.05, 0.1) is 13.2 Å². The van der Waals surface area contributed by atoms with Crippen LogP contribution >= 0.6 is 0 Å². The molecule has 0 aliphatic rings. The summed E-state index contributed by atoms with van der Waals surface area (Å²) in [4.78, 5) is 1.22. The number of hydrogen-bond donors (Lipinski definition) is 4. The monoisotopic (exact) mass is 179 g/mol. The Labute approximate surface area is 71.9 Å². The van der Waals surface area contributed by atoms with E-state index in [4.69, 9.17) is 10.2 Å². The first-order valence-corrected chi connectivity index (χ1v) is 4.00. The smallest absolute Gasteiger partial charge is 0.224 e. The molecule has 0 amide bonds. The van der Waals surface area contributed by atoms with Gasteiger partial charge in [0.15, 0.2) is 0 Å².